The summed E-state index contributed by atoms with van der Waals surface area (Å²) in [4.78, 5) is 4.59. The van der Waals surface area contributed by atoms with Crippen molar-refractivity contribution in [3.63, 3.8) is 0 Å². The van der Waals surface area contributed by atoms with E-state index in [2.05, 4.69) is 42.4 Å². The fourth-order valence-corrected chi connectivity index (χ4v) is 3.41. The van der Waals surface area contributed by atoms with Crippen LogP contribution in [0.4, 0.5) is 0 Å². The number of aryl methyl sites for hydroxylation is 2. The Labute approximate surface area is 148 Å². The van der Waals surface area contributed by atoms with Crippen molar-refractivity contribution in [2.45, 2.75) is 32.4 Å². The molecule has 3 rings (SSSR count). The second-order valence-corrected chi connectivity index (χ2v) is 6.44. The minimum absolute atomic E-state index is 0.0215. The monoisotopic (exact) mass is 339 g/mol. The first-order valence-electron chi connectivity index (χ1n) is 8.40. The van der Waals surface area contributed by atoms with E-state index in [9.17, 15) is 0 Å². The number of guanidine groups is 1. The van der Waals surface area contributed by atoms with E-state index < -0.39 is 0 Å². The van der Waals surface area contributed by atoms with Crippen LogP contribution in [0.1, 0.15) is 40.8 Å². The van der Waals surface area contributed by atoms with E-state index in [1.807, 2.05) is 18.2 Å². The van der Waals surface area contributed by atoms with Gasteiger partial charge in [0.2, 0.25) is 0 Å². The van der Waals surface area contributed by atoms with Crippen LogP contribution >= 0.6 is 0 Å². The van der Waals surface area contributed by atoms with Gasteiger partial charge in [-0.25, -0.2) is 4.99 Å². The number of ether oxygens (including phenoxy) is 2. The Kier molecular flexibility index (Phi) is 4.83. The fraction of sp³-hybridized carbons (Fsp3) is 0.350. The molecule has 5 nitrogen and oxygen atoms in total. The molecule has 0 saturated heterocycles. The zero-order chi connectivity index (χ0) is 18.0. The number of aliphatic imine (C=N–C) groups is 1. The smallest absolute Gasteiger partial charge is 0.189 e. The SMILES string of the molecule is COc1ccc(C2CC(c3ccc(C)cc3C)NC(N)=N2)cc1OC. The topological polar surface area (TPSA) is 68.9 Å². The number of nitrogens with one attached hydrogen (secondary N) is 1. The summed E-state index contributed by atoms with van der Waals surface area (Å²) in [7, 11) is 3.27. The average molecular weight is 339 g/mol. The zero-order valence-electron chi connectivity index (χ0n) is 15.2. The summed E-state index contributed by atoms with van der Waals surface area (Å²) in [6.07, 6.45) is 0.833. The van der Waals surface area contributed by atoms with Crippen LogP contribution in [0.2, 0.25) is 0 Å². The lowest BCUT2D eigenvalue weighted by atomic mass is 9.91. The summed E-state index contributed by atoms with van der Waals surface area (Å²) in [5.41, 5.74) is 10.9. The summed E-state index contributed by atoms with van der Waals surface area (Å²) in [5.74, 6) is 1.88. The molecular formula is C20H25N3O2. The van der Waals surface area contributed by atoms with Crippen molar-refractivity contribution in [3.05, 3.63) is 58.7 Å². The van der Waals surface area contributed by atoms with Crippen LogP contribution in [0.3, 0.4) is 0 Å². The van der Waals surface area contributed by atoms with Crippen LogP contribution < -0.4 is 20.5 Å². The number of nitrogens with zero attached hydrogens (tertiary/aromatic N) is 1. The van der Waals surface area contributed by atoms with Crippen molar-refractivity contribution in [1.29, 1.82) is 0 Å². The van der Waals surface area contributed by atoms with Crippen LogP contribution in [0.25, 0.3) is 0 Å². The van der Waals surface area contributed by atoms with Gasteiger partial charge in [0.15, 0.2) is 17.5 Å². The Bertz CT molecular complexity index is 802. The van der Waals surface area contributed by atoms with Crippen molar-refractivity contribution in [2.75, 3.05) is 14.2 Å². The lowest BCUT2D eigenvalue weighted by Gasteiger charge is -2.30. The highest BCUT2D eigenvalue weighted by Gasteiger charge is 2.26. The third kappa shape index (κ3) is 3.55. The maximum absolute atomic E-state index is 6.08. The van der Waals surface area contributed by atoms with Gasteiger partial charge in [0, 0.05) is 0 Å². The van der Waals surface area contributed by atoms with Gasteiger partial charge in [0.1, 0.15) is 0 Å². The number of benzene rings is 2. The normalized spacial score (nSPS) is 19.8. The molecule has 2 unspecified atom stereocenters. The average Bonchev–Trinajstić information content (AvgIpc) is 2.60. The highest BCUT2D eigenvalue weighted by molar-refractivity contribution is 5.79. The van der Waals surface area contributed by atoms with Crippen molar-refractivity contribution in [3.8, 4) is 11.5 Å². The van der Waals surface area contributed by atoms with Crippen molar-refractivity contribution in [1.82, 2.24) is 5.32 Å². The first kappa shape index (κ1) is 17.1. The number of hydrogen-bond acceptors (Lipinski definition) is 5. The molecule has 1 heterocycles. The maximum Gasteiger partial charge on any atom is 0.189 e. The molecule has 0 bridgehead atoms. The summed E-state index contributed by atoms with van der Waals surface area (Å²) < 4.78 is 10.7. The first-order chi connectivity index (χ1) is 12.0. The molecule has 3 N–H and O–H groups in total. The lowest BCUT2D eigenvalue weighted by Crippen LogP contribution is -2.39. The third-order valence-corrected chi connectivity index (χ3v) is 4.67. The van der Waals surface area contributed by atoms with E-state index in [0.717, 1.165) is 12.0 Å². The summed E-state index contributed by atoms with van der Waals surface area (Å²) in [5, 5.41) is 3.32. The number of methoxy groups -OCH3 is 2. The van der Waals surface area contributed by atoms with Gasteiger partial charge in [0.05, 0.1) is 26.3 Å². The van der Waals surface area contributed by atoms with Gasteiger partial charge in [-0.3, -0.25) is 0 Å². The molecule has 132 valence electrons. The van der Waals surface area contributed by atoms with E-state index in [1.54, 1.807) is 14.2 Å². The quantitative estimate of drug-likeness (QED) is 0.896. The number of nitrogens with two attached hydrogens (primary N) is 1. The zero-order valence-corrected chi connectivity index (χ0v) is 15.2. The second-order valence-electron chi connectivity index (χ2n) is 6.44. The summed E-state index contributed by atoms with van der Waals surface area (Å²) in [6.45, 7) is 4.24. The molecule has 0 amide bonds. The summed E-state index contributed by atoms with van der Waals surface area (Å²) >= 11 is 0. The van der Waals surface area contributed by atoms with Crippen LogP contribution in [0, 0.1) is 13.8 Å². The minimum atomic E-state index is -0.0215. The van der Waals surface area contributed by atoms with E-state index in [-0.39, 0.29) is 12.1 Å². The Morgan fingerprint density at radius 1 is 1.04 bits per heavy atom. The van der Waals surface area contributed by atoms with Gasteiger partial charge in [-0.15, -0.1) is 0 Å². The third-order valence-electron chi connectivity index (χ3n) is 4.67. The van der Waals surface area contributed by atoms with Crippen LogP contribution in [-0.2, 0) is 0 Å². The molecule has 2 aromatic rings. The van der Waals surface area contributed by atoms with Crippen LogP contribution in [0.15, 0.2) is 41.4 Å². The molecular weight excluding hydrogens is 314 g/mol. The molecule has 2 aromatic carbocycles. The van der Waals surface area contributed by atoms with Crippen molar-refractivity contribution in [2.24, 2.45) is 10.7 Å². The van der Waals surface area contributed by atoms with Crippen molar-refractivity contribution >= 4 is 5.96 Å². The standard InChI is InChI=1S/C20H25N3O2/c1-12-5-7-15(13(2)9-12)17-11-16(22-20(21)23-17)14-6-8-18(24-3)19(10-14)25-4/h5-10,16-17H,11H2,1-4H3,(H3,21,22,23). The van der Waals surface area contributed by atoms with E-state index in [0.29, 0.717) is 17.5 Å². The first-order valence-corrected chi connectivity index (χ1v) is 8.40. The van der Waals surface area contributed by atoms with Gasteiger partial charge in [-0.1, -0.05) is 29.8 Å². The fourth-order valence-electron chi connectivity index (χ4n) is 3.41. The Morgan fingerprint density at radius 2 is 1.80 bits per heavy atom. The minimum Gasteiger partial charge on any atom is -0.493 e. The van der Waals surface area contributed by atoms with Crippen LogP contribution in [0.5, 0.6) is 11.5 Å². The summed E-state index contributed by atoms with van der Waals surface area (Å²) in [6, 6.07) is 12.5. The molecule has 0 fully saturated rings. The molecule has 1 aliphatic rings. The second kappa shape index (κ2) is 7.05. The largest absolute Gasteiger partial charge is 0.493 e. The molecule has 5 heteroatoms. The Hall–Kier alpha value is -2.69. The number of rotatable bonds is 4. The van der Waals surface area contributed by atoms with Gasteiger partial charge in [0.25, 0.3) is 0 Å². The molecule has 0 radical (unpaired) electrons. The van der Waals surface area contributed by atoms with E-state index in [4.69, 9.17) is 15.2 Å². The van der Waals surface area contributed by atoms with E-state index >= 15 is 0 Å². The highest BCUT2D eigenvalue weighted by atomic mass is 16.5. The predicted molar refractivity (Wildman–Crippen MR) is 100 cm³/mol. The highest BCUT2D eigenvalue weighted by Crippen LogP contribution is 2.37. The van der Waals surface area contributed by atoms with Gasteiger partial charge >= 0.3 is 0 Å². The molecule has 0 aromatic heterocycles. The van der Waals surface area contributed by atoms with Gasteiger partial charge in [-0.05, 0) is 49.1 Å². The molecule has 2 atom stereocenters. The van der Waals surface area contributed by atoms with Gasteiger partial charge in [-0.2, -0.15) is 0 Å². The van der Waals surface area contributed by atoms with E-state index in [1.165, 1.54) is 16.7 Å². The van der Waals surface area contributed by atoms with Gasteiger partial charge < -0.3 is 20.5 Å². The molecule has 25 heavy (non-hydrogen) atoms. The molecule has 0 spiro atoms. The molecule has 0 aliphatic carbocycles. The lowest BCUT2D eigenvalue weighted by molar-refractivity contribution is 0.353. The van der Waals surface area contributed by atoms with Crippen LogP contribution in [-0.4, -0.2) is 20.2 Å². The van der Waals surface area contributed by atoms with Crippen molar-refractivity contribution < 1.29 is 9.47 Å². The Balaban J connectivity index is 1.91. The Morgan fingerprint density at radius 3 is 2.48 bits per heavy atom. The molecule has 0 saturated carbocycles. The predicted octanol–water partition coefficient (Wildman–Crippen LogP) is 3.41. The maximum atomic E-state index is 6.08. The molecule has 1 aliphatic heterocycles. The number of hydrogen-bond donors (Lipinski definition) is 2.